The van der Waals surface area contributed by atoms with E-state index in [0.717, 1.165) is 5.56 Å². The van der Waals surface area contributed by atoms with Crippen molar-refractivity contribution in [1.29, 1.82) is 0 Å². The van der Waals surface area contributed by atoms with Gasteiger partial charge in [-0.3, -0.25) is 9.59 Å². The van der Waals surface area contributed by atoms with Crippen LogP contribution >= 0.6 is 0 Å². The topological polar surface area (TPSA) is 118 Å². The Balaban J connectivity index is 1.47. The summed E-state index contributed by atoms with van der Waals surface area (Å²) in [5, 5.41) is 5.46. The molecule has 1 aliphatic heterocycles. The Kier molecular flexibility index (Phi) is 6.59. The summed E-state index contributed by atoms with van der Waals surface area (Å²) >= 11 is 0. The molecular formula is C23H23N3O6S. The first-order chi connectivity index (χ1) is 15.8. The van der Waals surface area contributed by atoms with Crippen LogP contribution in [0.5, 0.6) is 0 Å². The van der Waals surface area contributed by atoms with E-state index in [-0.39, 0.29) is 10.7 Å². The lowest BCUT2D eigenvalue weighted by atomic mass is 10.1. The second kappa shape index (κ2) is 9.57. The van der Waals surface area contributed by atoms with Gasteiger partial charge in [-0.25, -0.2) is 8.42 Å². The highest BCUT2D eigenvalue weighted by atomic mass is 32.2. The van der Waals surface area contributed by atoms with Crippen LogP contribution < -0.4 is 10.6 Å². The molecule has 0 bridgehead atoms. The summed E-state index contributed by atoms with van der Waals surface area (Å²) in [6, 6.07) is 14.2. The molecule has 172 valence electrons. The van der Waals surface area contributed by atoms with Crippen LogP contribution in [0.2, 0.25) is 0 Å². The van der Waals surface area contributed by atoms with Gasteiger partial charge in [0.05, 0.1) is 24.4 Å². The van der Waals surface area contributed by atoms with Crippen molar-refractivity contribution in [2.75, 3.05) is 36.9 Å². The van der Waals surface area contributed by atoms with E-state index in [9.17, 15) is 18.0 Å². The number of nitrogens with one attached hydrogen (secondary N) is 2. The van der Waals surface area contributed by atoms with Gasteiger partial charge in [0.2, 0.25) is 10.0 Å². The van der Waals surface area contributed by atoms with Crippen LogP contribution in [0, 0.1) is 6.92 Å². The number of furan rings is 1. The molecule has 4 rings (SSSR count). The number of sulfonamides is 1. The maximum absolute atomic E-state index is 12.9. The number of ether oxygens (including phenoxy) is 1. The maximum atomic E-state index is 12.9. The largest absolute Gasteiger partial charge is 0.459 e. The Morgan fingerprint density at radius 3 is 2.33 bits per heavy atom. The fourth-order valence-electron chi connectivity index (χ4n) is 3.33. The van der Waals surface area contributed by atoms with Crippen LogP contribution in [-0.4, -0.2) is 50.8 Å². The second-order valence-electron chi connectivity index (χ2n) is 7.46. The minimum absolute atomic E-state index is 0.112. The van der Waals surface area contributed by atoms with Gasteiger partial charge in [-0.05, 0) is 61.0 Å². The van der Waals surface area contributed by atoms with E-state index in [1.165, 1.54) is 22.7 Å². The summed E-state index contributed by atoms with van der Waals surface area (Å²) in [4.78, 5) is 24.9. The minimum atomic E-state index is -3.68. The molecule has 2 heterocycles. The van der Waals surface area contributed by atoms with Crippen LogP contribution in [0.4, 0.5) is 11.4 Å². The summed E-state index contributed by atoms with van der Waals surface area (Å²) in [5.41, 5.74) is 1.99. The smallest absolute Gasteiger partial charge is 0.291 e. The molecule has 3 aromatic rings. The van der Waals surface area contributed by atoms with Crippen LogP contribution in [-0.2, 0) is 14.8 Å². The third-order valence-electron chi connectivity index (χ3n) is 5.21. The molecule has 33 heavy (non-hydrogen) atoms. The van der Waals surface area contributed by atoms with E-state index in [4.69, 9.17) is 9.15 Å². The molecule has 2 amide bonds. The number of hydrogen-bond acceptors (Lipinski definition) is 6. The standard InChI is InChI=1S/C23H23N3O6S/c1-16-4-9-19(33(29,30)26-10-13-31-14-11-26)15-20(16)25-22(27)17-5-7-18(8-6-17)24-23(28)21-3-2-12-32-21/h2-9,12,15H,10-11,13-14H2,1H3,(H,24,28)(H,25,27). The van der Waals surface area contributed by atoms with E-state index >= 15 is 0 Å². The first kappa shape index (κ1) is 22.7. The van der Waals surface area contributed by atoms with Crippen LogP contribution in [0.15, 0.2) is 70.2 Å². The molecule has 0 unspecified atom stereocenters. The van der Waals surface area contributed by atoms with Crippen LogP contribution in [0.1, 0.15) is 26.5 Å². The summed E-state index contributed by atoms with van der Waals surface area (Å²) < 4.78 is 37.5. The van der Waals surface area contributed by atoms with Gasteiger partial charge in [0, 0.05) is 30.0 Å². The average Bonchev–Trinajstić information content (AvgIpc) is 3.37. The van der Waals surface area contributed by atoms with Crippen LogP contribution in [0.25, 0.3) is 0 Å². The lowest BCUT2D eigenvalue weighted by Crippen LogP contribution is -2.40. The van der Waals surface area contributed by atoms with E-state index < -0.39 is 21.8 Å². The van der Waals surface area contributed by atoms with Crippen molar-refractivity contribution in [3.05, 3.63) is 77.7 Å². The molecule has 1 aromatic heterocycles. The predicted octanol–water partition coefficient (Wildman–Crippen LogP) is 3.11. The number of amides is 2. The van der Waals surface area contributed by atoms with Crippen molar-refractivity contribution >= 4 is 33.2 Å². The number of nitrogens with zero attached hydrogens (tertiary/aromatic N) is 1. The first-order valence-corrected chi connectivity index (χ1v) is 11.7. The van der Waals surface area contributed by atoms with Crippen LogP contribution in [0.3, 0.4) is 0 Å². The second-order valence-corrected chi connectivity index (χ2v) is 9.39. The quantitative estimate of drug-likeness (QED) is 0.573. The van der Waals surface area contributed by atoms with Gasteiger partial charge in [-0.2, -0.15) is 4.31 Å². The highest BCUT2D eigenvalue weighted by Gasteiger charge is 2.27. The number of aryl methyl sites for hydroxylation is 1. The Bertz CT molecular complexity index is 1250. The third kappa shape index (κ3) is 5.14. The molecule has 1 fully saturated rings. The lowest BCUT2D eigenvalue weighted by molar-refractivity contribution is 0.0730. The molecule has 0 atom stereocenters. The lowest BCUT2D eigenvalue weighted by Gasteiger charge is -2.26. The normalized spacial score (nSPS) is 14.6. The number of benzene rings is 2. The maximum Gasteiger partial charge on any atom is 0.291 e. The molecule has 2 aromatic carbocycles. The molecule has 0 saturated carbocycles. The molecule has 0 aliphatic carbocycles. The summed E-state index contributed by atoms with van der Waals surface area (Å²) in [6.07, 6.45) is 1.41. The van der Waals surface area contributed by atoms with Gasteiger partial charge in [0.25, 0.3) is 11.8 Å². The number of carbonyl (C=O) groups excluding carboxylic acids is 2. The predicted molar refractivity (Wildman–Crippen MR) is 122 cm³/mol. The number of hydrogen-bond donors (Lipinski definition) is 2. The highest BCUT2D eigenvalue weighted by molar-refractivity contribution is 7.89. The van der Waals surface area contributed by atoms with Gasteiger partial charge >= 0.3 is 0 Å². The Labute approximate surface area is 191 Å². The zero-order valence-corrected chi connectivity index (χ0v) is 18.7. The minimum Gasteiger partial charge on any atom is -0.459 e. The Morgan fingerprint density at radius 1 is 0.939 bits per heavy atom. The molecule has 10 heteroatoms. The SMILES string of the molecule is Cc1ccc(S(=O)(=O)N2CCOCC2)cc1NC(=O)c1ccc(NC(=O)c2ccco2)cc1. The third-order valence-corrected chi connectivity index (χ3v) is 7.11. The van der Waals surface area contributed by atoms with Gasteiger partial charge in [0.15, 0.2) is 5.76 Å². The van der Waals surface area contributed by atoms with E-state index in [0.29, 0.717) is 43.2 Å². The number of rotatable bonds is 6. The van der Waals surface area contributed by atoms with Gasteiger partial charge in [-0.15, -0.1) is 0 Å². The van der Waals surface area contributed by atoms with E-state index in [2.05, 4.69) is 10.6 Å². The van der Waals surface area contributed by atoms with Crippen molar-refractivity contribution in [2.45, 2.75) is 11.8 Å². The fraction of sp³-hybridized carbons (Fsp3) is 0.217. The number of anilines is 2. The fourth-order valence-corrected chi connectivity index (χ4v) is 4.77. The molecule has 0 spiro atoms. The number of carbonyl (C=O) groups is 2. The van der Waals surface area contributed by atoms with Crippen molar-refractivity contribution in [3.8, 4) is 0 Å². The van der Waals surface area contributed by atoms with Crippen molar-refractivity contribution in [3.63, 3.8) is 0 Å². The highest BCUT2D eigenvalue weighted by Crippen LogP contribution is 2.24. The van der Waals surface area contributed by atoms with E-state index in [1.807, 2.05) is 0 Å². The monoisotopic (exact) mass is 469 g/mol. The Hall–Kier alpha value is -3.47. The summed E-state index contributed by atoms with van der Waals surface area (Å²) in [5.74, 6) is -0.617. The summed E-state index contributed by atoms with van der Waals surface area (Å²) in [6.45, 7) is 3.08. The average molecular weight is 470 g/mol. The van der Waals surface area contributed by atoms with E-state index in [1.54, 1.807) is 49.4 Å². The molecule has 9 nitrogen and oxygen atoms in total. The molecule has 0 radical (unpaired) electrons. The Morgan fingerprint density at radius 2 is 1.67 bits per heavy atom. The van der Waals surface area contributed by atoms with Gasteiger partial charge in [-0.1, -0.05) is 6.07 Å². The zero-order valence-electron chi connectivity index (χ0n) is 17.9. The molecular weight excluding hydrogens is 446 g/mol. The number of morpholine rings is 1. The molecule has 2 N–H and O–H groups in total. The molecule has 1 saturated heterocycles. The molecule has 1 aliphatic rings. The summed E-state index contributed by atoms with van der Waals surface area (Å²) in [7, 11) is -3.68. The zero-order chi connectivity index (χ0) is 23.4. The van der Waals surface area contributed by atoms with Crippen molar-refractivity contribution in [1.82, 2.24) is 4.31 Å². The van der Waals surface area contributed by atoms with Crippen molar-refractivity contribution < 1.29 is 27.2 Å². The van der Waals surface area contributed by atoms with Gasteiger partial charge < -0.3 is 19.8 Å². The first-order valence-electron chi connectivity index (χ1n) is 10.3. The van der Waals surface area contributed by atoms with Crippen molar-refractivity contribution in [2.24, 2.45) is 0 Å². The van der Waals surface area contributed by atoms with Gasteiger partial charge in [0.1, 0.15) is 0 Å².